The minimum atomic E-state index is -0.306. The lowest BCUT2D eigenvalue weighted by Crippen LogP contribution is -2.51. The Labute approximate surface area is 91.6 Å². The Balaban J connectivity index is 2.63. The van der Waals surface area contributed by atoms with Gasteiger partial charge in [0, 0.05) is 10.8 Å². The van der Waals surface area contributed by atoms with Gasteiger partial charge in [-0.05, 0) is 37.4 Å². The van der Waals surface area contributed by atoms with Crippen LogP contribution >= 0.6 is 11.8 Å². The van der Waals surface area contributed by atoms with Crippen molar-refractivity contribution in [2.45, 2.75) is 43.9 Å². The standard InChI is InChI=1S/C11H23NOS/c1-8(2)9-4-5-11(12,7-13)6-10(9)14-3/h8-10,13H,4-7,12H2,1-3H3. The summed E-state index contributed by atoms with van der Waals surface area (Å²) in [6, 6.07) is 0. The average molecular weight is 217 g/mol. The van der Waals surface area contributed by atoms with Crippen molar-refractivity contribution in [1.82, 2.24) is 0 Å². The summed E-state index contributed by atoms with van der Waals surface area (Å²) in [5.74, 6) is 1.50. The van der Waals surface area contributed by atoms with Crippen LogP contribution in [-0.2, 0) is 0 Å². The number of aliphatic hydroxyl groups excluding tert-OH is 1. The topological polar surface area (TPSA) is 46.2 Å². The Bertz CT molecular complexity index is 186. The van der Waals surface area contributed by atoms with Crippen LogP contribution in [0.15, 0.2) is 0 Å². The molecular formula is C11H23NOS. The lowest BCUT2D eigenvalue weighted by atomic mass is 9.73. The second-order valence-electron chi connectivity index (χ2n) is 4.95. The molecule has 0 radical (unpaired) electrons. The summed E-state index contributed by atoms with van der Waals surface area (Å²) in [6.45, 7) is 4.71. The molecule has 2 nitrogen and oxygen atoms in total. The number of hydrogen-bond acceptors (Lipinski definition) is 3. The van der Waals surface area contributed by atoms with Gasteiger partial charge in [0.05, 0.1) is 6.61 Å². The Morgan fingerprint density at radius 3 is 2.64 bits per heavy atom. The lowest BCUT2D eigenvalue weighted by Gasteiger charge is -2.42. The molecule has 3 N–H and O–H groups in total. The van der Waals surface area contributed by atoms with E-state index in [0.29, 0.717) is 5.25 Å². The van der Waals surface area contributed by atoms with Crippen molar-refractivity contribution in [1.29, 1.82) is 0 Å². The van der Waals surface area contributed by atoms with E-state index < -0.39 is 0 Å². The van der Waals surface area contributed by atoms with Gasteiger partial charge in [0.2, 0.25) is 0 Å². The molecule has 1 aliphatic carbocycles. The smallest absolute Gasteiger partial charge is 0.0611 e. The highest BCUT2D eigenvalue weighted by molar-refractivity contribution is 7.99. The van der Waals surface area contributed by atoms with Gasteiger partial charge >= 0.3 is 0 Å². The molecule has 0 spiro atoms. The Kier molecular flexibility index (Phi) is 4.29. The number of hydrogen-bond donors (Lipinski definition) is 2. The minimum absolute atomic E-state index is 0.134. The van der Waals surface area contributed by atoms with Gasteiger partial charge in [0.25, 0.3) is 0 Å². The second kappa shape index (κ2) is 4.86. The minimum Gasteiger partial charge on any atom is -0.394 e. The molecule has 1 aliphatic rings. The summed E-state index contributed by atoms with van der Waals surface area (Å²) >= 11 is 1.91. The molecule has 14 heavy (non-hydrogen) atoms. The van der Waals surface area contributed by atoms with Crippen LogP contribution < -0.4 is 5.73 Å². The molecule has 0 heterocycles. The van der Waals surface area contributed by atoms with Crippen LogP contribution in [0.2, 0.25) is 0 Å². The van der Waals surface area contributed by atoms with Crippen LogP contribution in [0.5, 0.6) is 0 Å². The molecule has 3 atom stereocenters. The first-order valence-corrected chi connectivity index (χ1v) is 6.74. The van der Waals surface area contributed by atoms with Crippen LogP contribution in [0.25, 0.3) is 0 Å². The average Bonchev–Trinajstić information content (AvgIpc) is 2.17. The summed E-state index contributed by atoms with van der Waals surface area (Å²) < 4.78 is 0. The van der Waals surface area contributed by atoms with Crippen LogP contribution in [0.4, 0.5) is 0 Å². The maximum absolute atomic E-state index is 9.25. The van der Waals surface area contributed by atoms with E-state index in [0.717, 1.165) is 24.7 Å². The number of aliphatic hydroxyl groups is 1. The molecule has 3 unspecified atom stereocenters. The van der Waals surface area contributed by atoms with E-state index in [9.17, 15) is 5.11 Å². The molecule has 0 amide bonds. The molecule has 0 aliphatic heterocycles. The molecule has 1 rings (SSSR count). The fourth-order valence-corrected chi connectivity index (χ4v) is 3.76. The zero-order chi connectivity index (χ0) is 10.8. The van der Waals surface area contributed by atoms with E-state index in [1.807, 2.05) is 11.8 Å². The maximum atomic E-state index is 9.25. The first-order chi connectivity index (χ1) is 6.52. The lowest BCUT2D eigenvalue weighted by molar-refractivity contribution is 0.126. The van der Waals surface area contributed by atoms with Crippen molar-refractivity contribution in [3.63, 3.8) is 0 Å². The van der Waals surface area contributed by atoms with Gasteiger partial charge in [0.15, 0.2) is 0 Å². The van der Waals surface area contributed by atoms with Crippen LogP contribution in [-0.4, -0.2) is 28.8 Å². The third kappa shape index (κ3) is 2.65. The fourth-order valence-electron chi connectivity index (χ4n) is 2.46. The predicted octanol–water partition coefficient (Wildman–Crippen LogP) is 1.86. The van der Waals surface area contributed by atoms with E-state index in [2.05, 4.69) is 20.1 Å². The largest absolute Gasteiger partial charge is 0.394 e. The Morgan fingerprint density at radius 2 is 2.21 bits per heavy atom. The zero-order valence-electron chi connectivity index (χ0n) is 9.49. The second-order valence-corrected chi connectivity index (χ2v) is 6.02. The highest BCUT2D eigenvalue weighted by atomic mass is 32.2. The molecule has 0 aromatic carbocycles. The van der Waals surface area contributed by atoms with Gasteiger partial charge in [-0.1, -0.05) is 13.8 Å². The van der Waals surface area contributed by atoms with Crippen molar-refractivity contribution in [2.75, 3.05) is 12.9 Å². The molecule has 84 valence electrons. The van der Waals surface area contributed by atoms with E-state index in [1.165, 1.54) is 6.42 Å². The van der Waals surface area contributed by atoms with Crippen molar-refractivity contribution < 1.29 is 5.11 Å². The van der Waals surface area contributed by atoms with E-state index in [4.69, 9.17) is 5.73 Å². The molecule has 0 aromatic rings. The molecular weight excluding hydrogens is 194 g/mol. The third-order valence-corrected chi connectivity index (χ3v) is 4.66. The maximum Gasteiger partial charge on any atom is 0.0611 e. The quantitative estimate of drug-likeness (QED) is 0.758. The summed E-state index contributed by atoms with van der Waals surface area (Å²) in [5.41, 5.74) is 5.82. The molecule has 0 bridgehead atoms. The predicted molar refractivity (Wildman–Crippen MR) is 63.5 cm³/mol. The van der Waals surface area contributed by atoms with Gasteiger partial charge in [-0.15, -0.1) is 0 Å². The van der Waals surface area contributed by atoms with Crippen LogP contribution in [0.3, 0.4) is 0 Å². The number of thioether (sulfide) groups is 1. The van der Waals surface area contributed by atoms with E-state index in [1.54, 1.807) is 0 Å². The van der Waals surface area contributed by atoms with Gasteiger partial charge in [-0.25, -0.2) is 0 Å². The highest BCUT2D eigenvalue weighted by Gasteiger charge is 2.38. The van der Waals surface area contributed by atoms with E-state index in [-0.39, 0.29) is 12.1 Å². The summed E-state index contributed by atoms with van der Waals surface area (Å²) in [7, 11) is 0. The molecule has 1 saturated carbocycles. The van der Waals surface area contributed by atoms with Gasteiger partial charge in [0.1, 0.15) is 0 Å². The highest BCUT2D eigenvalue weighted by Crippen LogP contribution is 2.40. The van der Waals surface area contributed by atoms with Crippen molar-refractivity contribution in [2.24, 2.45) is 17.6 Å². The van der Waals surface area contributed by atoms with Crippen LogP contribution in [0, 0.1) is 11.8 Å². The van der Waals surface area contributed by atoms with Crippen molar-refractivity contribution in [3.05, 3.63) is 0 Å². The number of nitrogens with two attached hydrogens (primary N) is 1. The first-order valence-electron chi connectivity index (χ1n) is 5.45. The number of rotatable bonds is 3. The SMILES string of the molecule is CSC1CC(N)(CO)CCC1C(C)C. The van der Waals surface area contributed by atoms with Gasteiger partial charge < -0.3 is 10.8 Å². The Morgan fingerprint density at radius 1 is 1.57 bits per heavy atom. The molecule has 1 fully saturated rings. The summed E-state index contributed by atoms with van der Waals surface area (Å²) in [5, 5.41) is 9.88. The van der Waals surface area contributed by atoms with Gasteiger partial charge in [-0.3, -0.25) is 0 Å². The summed E-state index contributed by atoms with van der Waals surface area (Å²) in [4.78, 5) is 0. The van der Waals surface area contributed by atoms with Gasteiger partial charge in [-0.2, -0.15) is 11.8 Å². The fraction of sp³-hybridized carbons (Fsp3) is 1.00. The molecule has 0 saturated heterocycles. The normalized spacial score (nSPS) is 39.0. The third-order valence-electron chi connectivity index (χ3n) is 3.53. The first kappa shape index (κ1) is 12.3. The monoisotopic (exact) mass is 217 g/mol. The summed E-state index contributed by atoms with van der Waals surface area (Å²) in [6.07, 6.45) is 5.26. The Hall–Kier alpha value is 0.270. The van der Waals surface area contributed by atoms with Crippen molar-refractivity contribution >= 4 is 11.8 Å². The van der Waals surface area contributed by atoms with Crippen molar-refractivity contribution in [3.8, 4) is 0 Å². The molecule has 3 heteroatoms. The van der Waals surface area contributed by atoms with Crippen LogP contribution in [0.1, 0.15) is 33.1 Å². The zero-order valence-corrected chi connectivity index (χ0v) is 10.3. The van der Waals surface area contributed by atoms with E-state index >= 15 is 0 Å². The molecule has 0 aromatic heterocycles.